The van der Waals surface area contributed by atoms with Crippen LogP contribution in [0.25, 0.3) is 0 Å². The fourth-order valence-electron chi connectivity index (χ4n) is 1.29. The molecule has 1 aromatic carbocycles. The maximum atomic E-state index is 8.96. The van der Waals surface area contributed by atoms with Crippen LogP contribution in [0.3, 0.4) is 0 Å². The number of halogens is 1. The number of rotatable bonds is 6. The zero-order chi connectivity index (χ0) is 11.1. The van der Waals surface area contributed by atoms with E-state index in [0.29, 0.717) is 12.4 Å². The van der Waals surface area contributed by atoms with Crippen LogP contribution in [0.2, 0.25) is 0 Å². The van der Waals surface area contributed by atoms with Crippen molar-refractivity contribution in [1.82, 2.24) is 0 Å². The largest absolute Gasteiger partial charge is 0.396 e. The molecule has 2 nitrogen and oxygen atoms in total. The second kappa shape index (κ2) is 6.70. The average Bonchev–Trinajstić information content (AvgIpc) is 2.31. The molecule has 1 atom stereocenters. The molecule has 0 aliphatic heterocycles. The van der Waals surface area contributed by atoms with Crippen LogP contribution in [0.15, 0.2) is 24.3 Å². The minimum absolute atomic E-state index is 0.123. The first-order valence-electron chi connectivity index (χ1n) is 5.29. The molecule has 1 rings (SSSR count). The lowest BCUT2D eigenvalue weighted by molar-refractivity contribution is 0.246. The van der Waals surface area contributed by atoms with E-state index in [9.17, 15) is 0 Å². The number of aliphatic hydroxyl groups is 1. The van der Waals surface area contributed by atoms with Gasteiger partial charge in [0.2, 0.25) is 0 Å². The van der Waals surface area contributed by atoms with Gasteiger partial charge in [-0.2, -0.15) is 0 Å². The molecule has 0 aliphatic carbocycles. The lowest BCUT2D eigenvalue weighted by atomic mass is 10.1. The molecule has 0 amide bonds. The van der Waals surface area contributed by atoms with Gasteiger partial charge in [-0.15, -0.1) is 11.6 Å². The van der Waals surface area contributed by atoms with E-state index in [1.165, 1.54) is 5.56 Å². The third kappa shape index (κ3) is 4.10. The number of aliphatic hydroxyl groups excluding tert-OH is 1. The summed E-state index contributed by atoms with van der Waals surface area (Å²) in [5.41, 5.74) is 2.41. The maximum Gasteiger partial charge on any atom is 0.0487 e. The Balaban J connectivity index is 2.43. The molecule has 15 heavy (non-hydrogen) atoms. The monoisotopic (exact) mass is 227 g/mol. The molecule has 0 bridgehead atoms. The molecule has 0 spiro atoms. The van der Waals surface area contributed by atoms with Crippen LogP contribution in [0.1, 0.15) is 12.5 Å². The molecule has 3 heteroatoms. The van der Waals surface area contributed by atoms with E-state index >= 15 is 0 Å². The molecular weight excluding hydrogens is 210 g/mol. The van der Waals surface area contributed by atoms with E-state index < -0.39 is 0 Å². The summed E-state index contributed by atoms with van der Waals surface area (Å²) < 4.78 is 0. The second-order valence-corrected chi connectivity index (χ2v) is 3.94. The van der Waals surface area contributed by atoms with Crippen molar-refractivity contribution >= 4 is 17.3 Å². The van der Waals surface area contributed by atoms with Crippen LogP contribution in [0.4, 0.5) is 5.69 Å². The van der Waals surface area contributed by atoms with Gasteiger partial charge in [0.25, 0.3) is 0 Å². The average molecular weight is 228 g/mol. The molecule has 0 fully saturated rings. The molecule has 0 radical (unpaired) electrons. The van der Waals surface area contributed by atoms with Gasteiger partial charge in [0.1, 0.15) is 0 Å². The highest BCUT2D eigenvalue weighted by Crippen LogP contribution is 2.11. The van der Waals surface area contributed by atoms with Gasteiger partial charge in [0, 0.05) is 30.6 Å². The molecule has 0 heterocycles. The Labute approximate surface area is 96.3 Å². The molecule has 0 saturated carbocycles. The highest BCUT2D eigenvalue weighted by atomic mass is 35.5. The SMILES string of the molecule is CCc1ccc(NCC(CO)CCl)cc1. The Kier molecular flexibility index (Phi) is 5.51. The lowest BCUT2D eigenvalue weighted by Gasteiger charge is -2.12. The molecule has 1 unspecified atom stereocenters. The molecule has 2 N–H and O–H groups in total. The van der Waals surface area contributed by atoms with Crippen molar-refractivity contribution in [3.63, 3.8) is 0 Å². The van der Waals surface area contributed by atoms with E-state index in [-0.39, 0.29) is 12.5 Å². The highest BCUT2D eigenvalue weighted by molar-refractivity contribution is 6.18. The van der Waals surface area contributed by atoms with Crippen molar-refractivity contribution in [2.24, 2.45) is 5.92 Å². The Morgan fingerprint density at radius 1 is 1.33 bits per heavy atom. The normalized spacial score (nSPS) is 12.5. The third-order valence-corrected chi connectivity index (χ3v) is 2.87. The second-order valence-electron chi connectivity index (χ2n) is 3.63. The number of hydrogen-bond donors (Lipinski definition) is 2. The van der Waals surface area contributed by atoms with Crippen molar-refractivity contribution in [3.05, 3.63) is 29.8 Å². The summed E-state index contributed by atoms with van der Waals surface area (Å²) in [6.07, 6.45) is 1.06. The van der Waals surface area contributed by atoms with Gasteiger partial charge in [-0.3, -0.25) is 0 Å². The van der Waals surface area contributed by atoms with Crippen LogP contribution in [-0.4, -0.2) is 24.1 Å². The van der Waals surface area contributed by atoms with Crippen molar-refractivity contribution in [2.75, 3.05) is 24.3 Å². The first-order valence-corrected chi connectivity index (χ1v) is 5.83. The smallest absolute Gasteiger partial charge is 0.0487 e. The summed E-state index contributed by atoms with van der Waals surface area (Å²) in [6, 6.07) is 8.33. The minimum Gasteiger partial charge on any atom is -0.396 e. The van der Waals surface area contributed by atoms with Crippen LogP contribution in [0, 0.1) is 5.92 Å². The van der Waals surface area contributed by atoms with Crippen LogP contribution >= 0.6 is 11.6 Å². The molecule has 0 aromatic heterocycles. The Morgan fingerprint density at radius 2 is 2.00 bits per heavy atom. The van der Waals surface area contributed by atoms with Crippen molar-refractivity contribution in [1.29, 1.82) is 0 Å². The van der Waals surface area contributed by atoms with E-state index in [2.05, 4.69) is 36.5 Å². The van der Waals surface area contributed by atoms with E-state index in [0.717, 1.165) is 12.1 Å². The minimum atomic E-state index is 0.123. The lowest BCUT2D eigenvalue weighted by Crippen LogP contribution is -2.19. The number of anilines is 1. The number of nitrogens with one attached hydrogen (secondary N) is 1. The fourth-order valence-corrected chi connectivity index (χ4v) is 1.50. The van der Waals surface area contributed by atoms with E-state index in [1.807, 2.05) is 0 Å². The zero-order valence-corrected chi connectivity index (χ0v) is 9.80. The van der Waals surface area contributed by atoms with Crippen LogP contribution in [0.5, 0.6) is 0 Å². The van der Waals surface area contributed by atoms with Crippen molar-refractivity contribution < 1.29 is 5.11 Å². The molecular formula is C12H18ClNO. The summed E-state index contributed by atoms with van der Waals surface area (Å²) in [4.78, 5) is 0. The number of alkyl halides is 1. The fraction of sp³-hybridized carbons (Fsp3) is 0.500. The Hall–Kier alpha value is -0.730. The Bertz CT molecular complexity index is 269. The van der Waals surface area contributed by atoms with Gasteiger partial charge in [-0.05, 0) is 24.1 Å². The summed E-state index contributed by atoms with van der Waals surface area (Å²) >= 11 is 5.68. The standard InChI is InChI=1S/C12H18ClNO/c1-2-10-3-5-12(6-4-10)14-8-11(7-13)9-15/h3-6,11,14-15H,2,7-9H2,1H3. The molecule has 84 valence electrons. The number of hydrogen-bond acceptors (Lipinski definition) is 2. The quantitative estimate of drug-likeness (QED) is 0.732. The zero-order valence-electron chi connectivity index (χ0n) is 9.04. The summed E-state index contributed by atoms with van der Waals surface area (Å²) in [5.74, 6) is 0.605. The predicted molar refractivity (Wildman–Crippen MR) is 65.6 cm³/mol. The van der Waals surface area contributed by atoms with Crippen molar-refractivity contribution in [2.45, 2.75) is 13.3 Å². The van der Waals surface area contributed by atoms with Crippen molar-refractivity contribution in [3.8, 4) is 0 Å². The van der Waals surface area contributed by atoms with Crippen LogP contribution < -0.4 is 5.32 Å². The van der Waals surface area contributed by atoms with Gasteiger partial charge < -0.3 is 10.4 Å². The van der Waals surface area contributed by atoms with E-state index in [1.54, 1.807) is 0 Å². The van der Waals surface area contributed by atoms with Gasteiger partial charge in [-0.25, -0.2) is 0 Å². The first kappa shape index (κ1) is 12.3. The molecule has 0 saturated heterocycles. The maximum absolute atomic E-state index is 8.96. The van der Waals surface area contributed by atoms with Gasteiger partial charge in [-0.1, -0.05) is 19.1 Å². The first-order chi connectivity index (χ1) is 7.30. The molecule has 1 aromatic rings. The van der Waals surface area contributed by atoms with Gasteiger partial charge in [0.05, 0.1) is 0 Å². The van der Waals surface area contributed by atoms with E-state index in [4.69, 9.17) is 16.7 Å². The Morgan fingerprint density at radius 3 is 2.47 bits per heavy atom. The summed E-state index contributed by atoms with van der Waals surface area (Å²) in [6.45, 7) is 2.98. The number of aryl methyl sites for hydroxylation is 1. The third-order valence-electron chi connectivity index (χ3n) is 2.43. The highest BCUT2D eigenvalue weighted by Gasteiger charge is 2.04. The van der Waals surface area contributed by atoms with Gasteiger partial charge in [0.15, 0.2) is 0 Å². The summed E-state index contributed by atoms with van der Waals surface area (Å²) in [5, 5.41) is 12.2. The number of benzene rings is 1. The van der Waals surface area contributed by atoms with Crippen LogP contribution in [-0.2, 0) is 6.42 Å². The topological polar surface area (TPSA) is 32.3 Å². The summed E-state index contributed by atoms with van der Waals surface area (Å²) in [7, 11) is 0. The van der Waals surface area contributed by atoms with Gasteiger partial charge >= 0.3 is 0 Å². The molecule has 0 aliphatic rings. The predicted octanol–water partition coefficient (Wildman–Crippen LogP) is 2.51.